The highest BCUT2D eigenvalue weighted by molar-refractivity contribution is 6.31. The van der Waals surface area contributed by atoms with Gasteiger partial charge in [0, 0.05) is 10.4 Å². The van der Waals surface area contributed by atoms with E-state index in [0.717, 1.165) is 10.9 Å². The zero-order valence-corrected chi connectivity index (χ0v) is 12.2. The molecule has 0 radical (unpaired) electrons. The quantitative estimate of drug-likeness (QED) is 0.884. The Bertz CT molecular complexity index is 748. The van der Waals surface area contributed by atoms with Crippen LogP contribution in [-0.2, 0) is 16.1 Å². The maximum atomic E-state index is 11.6. The van der Waals surface area contributed by atoms with Gasteiger partial charge in [-0.3, -0.25) is 4.68 Å². The third-order valence-corrected chi connectivity index (χ3v) is 3.58. The molecule has 1 unspecified atom stereocenters. The molecular weight excluding hydrogens is 290 g/mol. The first kappa shape index (κ1) is 13.7. The van der Waals surface area contributed by atoms with Gasteiger partial charge < -0.3 is 10.1 Å². The predicted octanol–water partition coefficient (Wildman–Crippen LogP) is 2.27. The number of esters is 1. The average molecular weight is 304 g/mol. The van der Waals surface area contributed by atoms with Crippen LogP contribution in [0, 0.1) is 0 Å². The number of fused-ring (bicyclic) bond motifs is 1. The normalized spacial score (nSPS) is 17.4. The second-order valence-electron chi connectivity index (χ2n) is 4.75. The van der Waals surface area contributed by atoms with Gasteiger partial charge in [0.15, 0.2) is 0 Å². The molecule has 6 heteroatoms. The minimum Gasteiger partial charge on any atom is -0.465 e. The summed E-state index contributed by atoms with van der Waals surface area (Å²) in [5.74, 6) is -0.338. The fourth-order valence-electron chi connectivity index (χ4n) is 2.33. The van der Waals surface area contributed by atoms with Crippen molar-refractivity contribution in [2.75, 3.05) is 7.11 Å². The Morgan fingerprint density at radius 1 is 1.52 bits per heavy atom. The van der Waals surface area contributed by atoms with E-state index >= 15 is 0 Å². The summed E-state index contributed by atoms with van der Waals surface area (Å²) in [4.78, 5) is 11.6. The Kier molecular flexibility index (Phi) is 3.66. The van der Waals surface area contributed by atoms with Crippen LogP contribution < -0.4 is 5.32 Å². The molecule has 0 bridgehead atoms. The number of hydrogen-bond acceptors (Lipinski definition) is 4. The van der Waals surface area contributed by atoms with Crippen LogP contribution >= 0.6 is 11.6 Å². The van der Waals surface area contributed by atoms with Crippen molar-refractivity contribution in [2.24, 2.45) is 0 Å². The highest BCUT2D eigenvalue weighted by Gasteiger charge is 2.16. The van der Waals surface area contributed by atoms with Crippen LogP contribution in [-0.4, -0.2) is 28.9 Å². The maximum Gasteiger partial charge on any atom is 0.337 e. The maximum absolute atomic E-state index is 11.6. The van der Waals surface area contributed by atoms with Crippen LogP contribution in [0.5, 0.6) is 0 Å². The van der Waals surface area contributed by atoms with Gasteiger partial charge in [-0.1, -0.05) is 11.6 Å². The number of nitrogens with one attached hydrogen (secondary N) is 1. The van der Waals surface area contributed by atoms with E-state index in [1.807, 2.05) is 29.0 Å². The summed E-state index contributed by atoms with van der Waals surface area (Å²) in [5.41, 5.74) is 1.55. The molecule has 0 spiro atoms. The van der Waals surface area contributed by atoms with E-state index < -0.39 is 0 Å². The molecule has 0 saturated carbocycles. The van der Waals surface area contributed by atoms with Gasteiger partial charge in [-0.25, -0.2) is 4.79 Å². The molecule has 2 aromatic rings. The molecule has 1 atom stereocenters. The van der Waals surface area contributed by atoms with Crippen molar-refractivity contribution in [1.29, 1.82) is 0 Å². The van der Waals surface area contributed by atoms with Gasteiger partial charge >= 0.3 is 5.97 Å². The zero-order chi connectivity index (χ0) is 14.8. The molecule has 1 aromatic carbocycles. The molecule has 3 rings (SSSR count). The van der Waals surface area contributed by atoms with Gasteiger partial charge in [-0.2, -0.15) is 5.10 Å². The van der Waals surface area contributed by atoms with Crippen LogP contribution in [0.3, 0.4) is 0 Å². The van der Waals surface area contributed by atoms with E-state index in [2.05, 4.69) is 10.4 Å². The fourth-order valence-corrected chi connectivity index (χ4v) is 2.51. The lowest BCUT2D eigenvalue weighted by Crippen LogP contribution is -2.31. The molecule has 2 heterocycles. The predicted molar refractivity (Wildman–Crippen MR) is 80.9 cm³/mol. The summed E-state index contributed by atoms with van der Waals surface area (Å²) in [6, 6.07) is 5.63. The minimum absolute atomic E-state index is 0.0251. The van der Waals surface area contributed by atoms with E-state index in [1.54, 1.807) is 18.5 Å². The first-order valence-corrected chi connectivity index (χ1v) is 6.89. The zero-order valence-electron chi connectivity index (χ0n) is 11.4. The number of halogens is 1. The summed E-state index contributed by atoms with van der Waals surface area (Å²) in [5, 5.41) is 9.24. The number of rotatable bonds is 3. The summed E-state index contributed by atoms with van der Waals surface area (Å²) < 4.78 is 6.62. The molecule has 5 nitrogen and oxygen atoms in total. The summed E-state index contributed by atoms with van der Waals surface area (Å²) >= 11 is 5.97. The summed E-state index contributed by atoms with van der Waals surface area (Å²) in [6.07, 6.45) is 7.07. The monoisotopic (exact) mass is 303 g/mol. The topological polar surface area (TPSA) is 56.2 Å². The number of aromatic nitrogens is 2. The number of methoxy groups -OCH3 is 1. The Hall–Kier alpha value is -2.27. The lowest BCUT2D eigenvalue weighted by atomic mass is 10.1. The second kappa shape index (κ2) is 5.61. The van der Waals surface area contributed by atoms with Crippen LogP contribution in [0.2, 0.25) is 5.02 Å². The molecular formula is C15H14ClN3O2. The van der Waals surface area contributed by atoms with Gasteiger partial charge in [0.05, 0.1) is 37.0 Å². The Labute approximate surface area is 126 Å². The Morgan fingerprint density at radius 3 is 3.19 bits per heavy atom. The van der Waals surface area contributed by atoms with Gasteiger partial charge in [0.1, 0.15) is 0 Å². The SMILES string of the molecule is COC(=O)C1=CC(Cn2ncc3cc(Cl)ccc32)NC=C1. The van der Waals surface area contributed by atoms with Crippen LogP contribution in [0.1, 0.15) is 0 Å². The van der Waals surface area contributed by atoms with Gasteiger partial charge in [-0.05, 0) is 36.6 Å². The molecule has 108 valence electrons. The molecule has 1 aliphatic heterocycles. The first-order chi connectivity index (χ1) is 10.2. The standard InChI is InChI=1S/C15H14ClN3O2/c1-21-15(20)10-4-5-17-13(7-10)9-19-14-3-2-12(16)6-11(14)8-18-19/h2-8,13,17H,9H2,1H3. The molecule has 0 saturated heterocycles. The van der Waals surface area contributed by atoms with E-state index in [-0.39, 0.29) is 12.0 Å². The van der Waals surface area contributed by atoms with E-state index in [9.17, 15) is 4.79 Å². The van der Waals surface area contributed by atoms with Crippen molar-refractivity contribution in [3.63, 3.8) is 0 Å². The third kappa shape index (κ3) is 2.78. The molecule has 0 amide bonds. The largest absolute Gasteiger partial charge is 0.465 e. The fraction of sp³-hybridized carbons (Fsp3) is 0.200. The van der Waals surface area contributed by atoms with E-state index in [0.29, 0.717) is 17.1 Å². The summed E-state index contributed by atoms with van der Waals surface area (Å²) in [7, 11) is 1.37. The van der Waals surface area contributed by atoms with E-state index in [1.165, 1.54) is 7.11 Å². The second-order valence-corrected chi connectivity index (χ2v) is 5.19. The first-order valence-electron chi connectivity index (χ1n) is 6.51. The molecule has 1 aliphatic rings. The summed E-state index contributed by atoms with van der Waals surface area (Å²) in [6.45, 7) is 0.607. The third-order valence-electron chi connectivity index (χ3n) is 3.35. The minimum atomic E-state index is -0.338. The van der Waals surface area contributed by atoms with Crippen molar-refractivity contribution in [3.05, 3.63) is 53.3 Å². The lowest BCUT2D eigenvalue weighted by Gasteiger charge is -2.18. The van der Waals surface area contributed by atoms with Crippen molar-refractivity contribution in [2.45, 2.75) is 12.6 Å². The molecule has 21 heavy (non-hydrogen) atoms. The molecule has 0 aliphatic carbocycles. The lowest BCUT2D eigenvalue weighted by molar-refractivity contribution is -0.135. The number of hydrogen-bond donors (Lipinski definition) is 1. The number of carbonyl (C=O) groups is 1. The highest BCUT2D eigenvalue weighted by Crippen LogP contribution is 2.19. The molecule has 1 N–H and O–H groups in total. The van der Waals surface area contributed by atoms with Crippen molar-refractivity contribution >= 4 is 28.5 Å². The van der Waals surface area contributed by atoms with Crippen molar-refractivity contribution in [1.82, 2.24) is 15.1 Å². The Balaban J connectivity index is 1.84. The molecule has 0 fully saturated rings. The number of nitrogens with zero attached hydrogens (tertiary/aromatic N) is 2. The number of dihydropyridines is 1. The Morgan fingerprint density at radius 2 is 2.38 bits per heavy atom. The smallest absolute Gasteiger partial charge is 0.337 e. The van der Waals surface area contributed by atoms with E-state index in [4.69, 9.17) is 16.3 Å². The van der Waals surface area contributed by atoms with Crippen LogP contribution in [0.4, 0.5) is 0 Å². The number of carbonyl (C=O) groups excluding carboxylic acids is 1. The number of ether oxygens (including phenoxy) is 1. The van der Waals surface area contributed by atoms with Gasteiger partial charge in [0.25, 0.3) is 0 Å². The van der Waals surface area contributed by atoms with Gasteiger partial charge in [-0.15, -0.1) is 0 Å². The van der Waals surface area contributed by atoms with Crippen molar-refractivity contribution in [3.8, 4) is 0 Å². The number of benzene rings is 1. The highest BCUT2D eigenvalue weighted by atomic mass is 35.5. The van der Waals surface area contributed by atoms with Crippen molar-refractivity contribution < 1.29 is 9.53 Å². The van der Waals surface area contributed by atoms with Crippen LogP contribution in [0.25, 0.3) is 10.9 Å². The molecule has 1 aromatic heterocycles. The average Bonchev–Trinajstić information content (AvgIpc) is 2.89. The van der Waals surface area contributed by atoms with Gasteiger partial charge in [0.2, 0.25) is 0 Å². The van der Waals surface area contributed by atoms with Crippen LogP contribution in [0.15, 0.2) is 48.3 Å².